The number of anilines is 1. The van der Waals surface area contributed by atoms with E-state index in [0.717, 1.165) is 15.6 Å². The summed E-state index contributed by atoms with van der Waals surface area (Å²) in [7, 11) is -0.547. The summed E-state index contributed by atoms with van der Waals surface area (Å²) in [6, 6.07) is 13.8. The lowest BCUT2D eigenvalue weighted by Crippen LogP contribution is -2.35. The van der Waals surface area contributed by atoms with Crippen LogP contribution >= 0.6 is 11.3 Å². The van der Waals surface area contributed by atoms with Crippen molar-refractivity contribution in [1.29, 1.82) is 0 Å². The van der Waals surface area contributed by atoms with Gasteiger partial charge in [-0.3, -0.25) is 9.10 Å². The van der Waals surface area contributed by atoms with Gasteiger partial charge in [0.1, 0.15) is 0 Å². The Labute approximate surface area is 175 Å². The number of hydrogen-bond acceptors (Lipinski definition) is 5. The predicted octanol–water partition coefficient (Wildman–Crippen LogP) is 3.80. The Hall–Kier alpha value is -2.42. The van der Waals surface area contributed by atoms with Crippen molar-refractivity contribution in [1.82, 2.24) is 5.32 Å². The maximum absolute atomic E-state index is 12.9. The SMILES string of the molecule is COCC(C)NC(=O)c1cc2cc(N(C)S(=O)(=O)c3ccc(C)cc3)ccc2s1. The molecule has 8 heteroatoms. The Kier molecular flexibility index (Phi) is 6.26. The number of methoxy groups -OCH3 is 1. The van der Waals surface area contributed by atoms with Gasteiger partial charge >= 0.3 is 0 Å². The molecule has 0 radical (unpaired) electrons. The quantitative estimate of drug-likeness (QED) is 0.616. The highest BCUT2D eigenvalue weighted by atomic mass is 32.2. The minimum absolute atomic E-state index is 0.0981. The molecule has 1 N–H and O–H groups in total. The molecular formula is C21H24N2O4S2. The van der Waals surface area contributed by atoms with E-state index in [1.165, 1.54) is 22.7 Å². The second kappa shape index (κ2) is 8.52. The molecule has 1 atom stereocenters. The maximum Gasteiger partial charge on any atom is 0.264 e. The van der Waals surface area contributed by atoms with Crippen LogP contribution in [-0.4, -0.2) is 41.1 Å². The Balaban J connectivity index is 1.87. The summed E-state index contributed by atoms with van der Waals surface area (Å²) in [5.74, 6) is -0.169. The second-order valence-electron chi connectivity index (χ2n) is 6.95. The normalized spacial score (nSPS) is 12.7. The molecule has 29 heavy (non-hydrogen) atoms. The summed E-state index contributed by atoms with van der Waals surface area (Å²) in [4.78, 5) is 13.2. The first-order valence-corrected chi connectivity index (χ1v) is 11.4. The first-order chi connectivity index (χ1) is 13.7. The van der Waals surface area contributed by atoms with Crippen molar-refractivity contribution in [3.8, 4) is 0 Å². The van der Waals surface area contributed by atoms with Crippen LogP contribution in [0, 0.1) is 6.92 Å². The summed E-state index contributed by atoms with van der Waals surface area (Å²) in [6.45, 7) is 4.22. The van der Waals surface area contributed by atoms with Gasteiger partial charge < -0.3 is 10.1 Å². The summed E-state index contributed by atoms with van der Waals surface area (Å²) in [5.41, 5.74) is 1.53. The van der Waals surface area contributed by atoms with Gasteiger partial charge in [-0.25, -0.2) is 8.42 Å². The Morgan fingerprint density at radius 1 is 1.17 bits per heavy atom. The zero-order chi connectivity index (χ0) is 21.2. The highest BCUT2D eigenvalue weighted by molar-refractivity contribution is 7.92. The molecule has 0 aliphatic carbocycles. The molecule has 0 bridgehead atoms. The van der Waals surface area contributed by atoms with Gasteiger partial charge in [0.05, 0.1) is 22.1 Å². The van der Waals surface area contributed by atoms with E-state index in [1.54, 1.807) is 49.6 Å². The van der Waals surface area contributed by atoms with E-state index in [0.29, 0.717) is 17.2 Å². The third-order valence-corrected chi connectivity index (χ3v) is 7.48. The Morgan fingerprint density at radius 2 is 1.86 bits per heavy atom. The van der Waals surface area contributed by atoms with Gasteiger partial charge in [-0.2, -0.15) is 0 Å². The largest absolute Gasteiger partial charge is 0.383 e. The number of hydrogen-bond donors (Lipinski definition) is 1. The smallest absolute Gasteiger partial charge is 0.264 e. The number of benzene rings is 2. The number of ether oxygens (including phenoxy) is 1. The first-order valence-electron chi connectivity index (χ1n) is 9.11. The fourth-order valence-electron chi connectivity index (χ4n) is 2.93. The topological polar surface area (TPSA) is 75.7 Å². The number of thiophene rings is 1. The number of fused-ring (bicyclic) bond motifs is 1. The van der Waals surface area contributed by atoms with E-state index >= 15 is 0 Å². The number of aryl methyl sites for hydroxylation is 1. The van der Waals surface area contributed by atoms with Gasteiger partial charge in [-0.15, -0.1) is 11.3 Å². The number of nitrogens with one attached hydrogen (secondary N) is 1. The standard InChI is InChI=1S/C21H24N2O4S2/c1-14-5-8-18(9-6-14)29(25,26)23(3)17-7-10-19-16(11-17)12-20(28-19)21(24)22-15(2)13-27-4/h5-12,15H,13H2,1-4H3,(H,22,24). The molecular weight excluding hydrogens is 408 g/mol. The highest BCUT2D eigenvalue weighted by Crippen LogP contribution is 2.31. The zero-order valence-electron chi connectivity index (χ0n) is 16.8. The number of carbonyl (C=O) groups excluding carboxylic acids is 1. The van der Waals surface area contributed by atoms with Crippen LogP contribution in [0.4, 0.5) is 5.69 Å². The van der Waals surface area contributed by atoms with Gasteiger partial charge in [0.25, 0.3) is 15.9 Å². The molecule has 1 aromatic heterocycles. The average Bonchev–Trinajstić information content (AvgIpc) is 3.11. The van der Waals surface area contributed by atoms with Crippen LogP contribution in [0.2, 0.25) is 0 Å². The zero-order valence-corrected chi connectivity index (χ0v) is 18.4. The molecule has 3 aromatic rings. The van der Waals surface area contributed by atoms with Crippen molar-refractivity contribution in [2.75, 3.05) is 25.1 Å². The van der Waals surface area contributed by atoms with E-state index in [1.807, 2.05) is 19.9 Å². The number of nitrogens with zero attached hydrogens (tertiary/aromatic N) is 1. The minimum atomic E-state index is -3.67. The van der Waals surface area contributed by atoms with Crippen molar-refractivity contribution in [3.05, 3.63) is 59.0 Å². The van der Waals surface area contributed by atoms with Crippen molar-refractivity contribution in [2.24, 2.45) is 0 Å². The molecule has 1 heterocycles. The number of rotatable bonds is 7. The second-order valence-corrected chi connectivity index (χ2v) is 10.0. The van der Waals surface area contributed by atoms with Crippen LogP contribution in [0.15, 0.2) is 53.4 Å². The predicted molar refractivity (Wildman–Crippen MR) is 117 cm³/mol. The molecule has 0 aliphatic heterocycles. The average molecular weight is 433 g/mol. The van der Waals surface area contributed by atoms with Crippen LogP contribution in [-0.2, 0) is 14.8 Å². The van der Waals surface area contributed by atoms with Crippen molar-refractivity contribution in [2.45, 2.75) is 24.8 Å². The summed E-state index contributed by atoms with van der Waals surface area (Å²) >= 11 is 1.37. The molecule has 3 rings (SSSR count). The first kappa shape index (κ1) is 21.3. The molecule has 0 aliphatic rings. The van der Waals surface area contributed by atoms with Crippen LogP contribution in [0.1, 0.15) is 22.2 Å². The van der Waals surface area contributed by atoms with Gasteiger partial charge in [-0.05, 0) is 55.6 Å². The monoisotopic (exact) mass is 432 g/mol. The molecule has 0 saturated heterocycles. The number of sulfonamides is 1. The Bertz CT molecular complexity index is 1120. The lowest BCUT2D eigenvalue weighted by molar-refractivity contribution is 0.0909. The number of carbonyl (C=O) groups is 1. The van der Waals surface area contributed by atoms with Crippen molar-refractivity contribution >= 4 is 43.0 Å². The minimum Gasteiger partial charge on any atom is -0.383 e. The van der Waals surface area contributed by atoms with Crippen LogP contribution in [0.25, 0.3) is 10.1 Å². The molecule has 154 valence electrons. The third kappa shape index (κ3) is 4.60. The van der Waals surface area contributed by atoms with Crippen molar-refractivity contribution < 1.29 is 17.9 Å². The van der Waals surface area contributed by atoms with Gasteiger partial charge in [-0.1, -0.05) is 17.7 Å². The molecule has 0 saturated carbocycles. The fourth-order valence-corrected chi connectivity index (χ4v) is 5.07. The molecule has 1 amide bonds. The van der Waals surface area contributed by atoms with Crippen molar-refractivity contribution in [3.63, 3.8) is 0 Å². The van der Waals surface area contributed by atoms with E-state index in [4.69, 9.17) is 4.74 Å². The molecule has 0 spiro atoms. The molecule has 0 fully saturated rings. The van der Waals surface area contributed by atoms with E-state index in [9.17, 15) is 13.2 Å². The summed E-state index contributed by atoms with van der Waals surface area (Å²) in [5, 5.41) is 3.71. The summed E-state index contributed by atoms with van der Waals surface area (Å²) < 4.78 is 33.1. The van der Waals surface area contributed by atoms with Crippen LogP contribution in [0.5, 0.6) is 0 Å². The van der Waals surface area contributed by atoms with E-state index in [-0.39, 0.29) is 16.8 Å². The lowest BCUT2D eigenvalue weighted by Gasteiger charge is -2.19. The van der Waals surface area contributed by atoms with E-state index in [2.05, 4.69) is 5.32 Å². The van der Waals surface area contributed by atoms with E-state index < -0.39 is 10.0 Å². The summed E-state index contributed by atoms with van der Waals surface area (Å²) in [6.07, 6.45) is 0. The maximum atomic E-state index is 12.9. The molecule has 1 unspecified atom stereocenters. The Morgan fingerprint density at radius 3 is 2.52 bits per heavy atom. The van der Waals surface area contributed by atoms with Gasteiger partial charge in [0.15, 0.2) is 0 Å². The molecule has 6 nitrogen and oxygen atoms in total. The van der Waals surface area contributed by atoms with Gasteiger partial charge in [0.2, 0.25) is 0 Å². The van der Waals surface area contributed by atoms with Gasteiger partial charge in [0, 0.05) is 24.9 Å². The number of amides is 1. The van der Waals surface area contributed by atoms with Crippen LogP contribution in [0.3, 0.4) is 0 Å². The highest BCUT2D eigenvalue weighted by Gasteiger charge is 2.22. The lowest BCUT2D eigenvalue weighted by atomic mass is 10.2. The van der Waals surface area contributed by atoms with Crippen LogP contribution < -0.4 is 9.62 Å². The fraction of sp³-hybridized carbons (Fsp3) is 0.286. The molecule has 2 aromatic carbocycles. The third-order valence-electron chi connectivity index (χ3n) is 4.56.